The minimum atomic E-state index is 0.358. The predicted molar refractivity (Wildman–Crippen MR) is 69.5 cm³/mol. The number of hydrogen-bond donors (Lipinski definition) is 2. The van der Waals surface area contributed by atoms with Gasteiger partial charge in [0.2, 0.25) is 0 Å². The van der Waals surface area contributed by atoms with Crippen molar-refractivity contribution in [3.8, 4) is 0 Å². The van der Waals surface area contributed by atoms with Gasteiger partial charge in [-0.3, -0.25) is 11.3 Å². The van der Waals surface area contributed by atoms with Gasteiger partial charge in [-0.05, 0) is 48.1 Å². The van der Waals surface area contributed by atoms with Crippen molar-refractivity contribution in [2.24, 2.45) is 5.84 Å². The summed E-state index contributed by atoms with van der Waals surface area (Å²) < 4.78 is 5.46. The fourth-order valence-corrected chi connectivity index (χ4v) is 2.26. The standard InChI is InChI=1S/C12H22N2OS/c1-2-7-15-8-5-12(14-13)4-3-11-6-9-16-10-11/h6,9-10,12,14H,2-5,7-8,13H2,1H3. The maximum absolute atomic E-state index is 5.52. The highest BCUT2D eigenvalue weighted by molar-refractivity contribution is 7.07. The molecule has 3 N–H and O–H groups in total. The van der Waals surface area contributed by atoms with E-state index in [4.69, 9.17) is 10.6 Å². The number of ether oxygens (including phenoxy) is 1. The molecule has 1 unspecified atom stereocenters. The van der Waals surface area contributed by atoms with Crippen LogP contribution in [-0.2, 0) is 11.2 Å². The molecule has 0 saturated carbocycles. The van der Waals surface area contributed by atoms with Crippen LogP contribution < -0.4 is 11.3 Å². The molecule has 16 heavy (non-hydrogen) atoms. The fraction of sp³-hybridized carbons (Fsp3) is 0.667. The summed E-state index contributed by atoms with van der Waals surface area (Å²) in [5.74, 6) is 5.52. The second-order valence-electron chi connectivity index (χ2n) is 3.93. The molecular formula is C12H22N2OS. The number of aryl methyl sites for hydroxylation is 1. The summed E-state index contributed by atoms with van der Waals surface area (Å²) in [5, 5.41) is 4.31. The maximum atomic E-state index is 5.52. The molecule has 0 amide bonds. The molecule has 4 heteroatoms. The van der Waals surface area contributed by atoms with Crippen LogP contribution in [0.1, 0.15) is 31.7 Å². The quantitative estimate of drug-likeness (QED) is 0.397. The van der Waals surface area contributed by atoms with Crippen LogP contribution in [0.15, 0.2) is 16.8 Å². The third-order valence-corrected chi connectivity index (χ3v) is 3.29. The normalized spacial score (nSPS) is 12.9. The highest BCUT2D eigenvalue weighted by atomic mass is 32.1. The molecule has 1 atom stereocenters. The zero-order valence-electron chi connectivity index (χ0n) is 9.95. The van der Waals surface area contributed by atoms with E-state index >= 15 is 0 Å². The van der Waals surface area contributed by atoms with Crippen LogP contribution in [0.3, 0.4) is 0 Å². The van der Waals surface area contributed by atoms with E-state index in [9.17, 15) is 0 Å². The van der Waals surface area contributed by atoms with Gasteiger partial charge >= 0.3 is 0 Å². The van der Waals surface area contributed by atoms with Gasteiger partial charge in [0.15, 0.2) is 0 Å². The van der Waals surface area contributed by atoms with E-state index in [1.165, 1.54) is 5.56 Å². The number of nitrogens with one attached hydrogen (secondary N) is 1. The highest BCUT2D eigenvalue weighted by Crippen LogP contribution is 2.10. The van der Waals surface area contributed by atoms with E-state index in [1.807, 2.05) is 0 Å². The molecule has 3 nitrogen and oxygen atoms in total. The van der Waals surface area contributed by atoms with Gasteiger partial charge in [0.1, 0.15) is 0 Å². The third-order valence-electron chi connectivity index (χ3n) is 2.56. The first-order valence-electron chi connectivity index (χ1n) is 5.91. The van der Waals surface area contributed by atoms with Crippen LogP contribution in [0.4, 0.5) is 0 Å². The minimum absolute atomic E-state index is 0.358. The molecular weight excluding hydrogens is 220 g/mol. The lowest BCUT2D eigenvalue weighted by molar-refractivity contribution is 0.123. The lowest BCUT2D eigenvalue weighted by atomic mass is 10.1. The molecule has 1 rings (SSSR count). The molecule has 1 aromatic rings. The van der Waals surface area contributed by atoms with E-state index in [1.54, 1.807) is 11.3 Å². The van der Waals surface area contributed by atoms with E-state index < -0.39 is 0 Å². The van der Waals surface area contributed by atoms with Gasteiger partial charge in [0.05, 0.1) is 0 Å². The van der Waals surface area contributed by atoms with Crippen molar-refractivity contribution in [1.82, 2.24) is 5.43 Å². The Morgan fingerprint density at radius 3 is 2.94 bits per heavy atom. The summed E-state index contributed by atoms with van der Waals surface area (Å²) in [7, 11) is 0. The molecule has 0 bridgehead atoms. The van der Waals surface area contributed by atoms with Gasteiger partial charge in [-0.25, -0.2) is 0 Å². The van der Waals surface area contributed by atoms with Gasteiger partial charge in [0.25, 0.3) is 0 Å². The topological polar surface area (TPSA) is 47.3 Å². The number of nitrogens with two attached hydrogens (primary N) is 1. The molecule has 92 valence electrons. The van der Waals surface area contributed by atoms with Crippen molar-refractivity contribution < 1.29 is 4.74 Å². The smallest absolute Gasteiger partial charge is 0.0481 e. The van der Waals surface area contributed by atoms with E-state index in [-0.39, 0.29) is 0 Å². The molecule has 0 aliphatic rings. The van der Waals surface area contributed by atoms with Gasteiger partial charge in [-0.2, -0.15) is 11.3 Å². The van der Waals surface area contributed by atoms with E-state index in [0.29, 0.717) is 6.04 Å². The first kappa shape index (κ1) is 13.6. The summed E-state index contributed by atoms with van der Waals surface area (Å²) >= 11 is 1.75. The second-order valence-corrected chi connectivity index (χ2v) is 4.71. The average Bonchev–Trinajstić information content (AvgIpc) is 2.81. The SMILES string of the molecule is CCCOCCC(CCc1ccsc1)NN. The van der Waals surface area contributed by atoms with Crippen molar-refractivity contribution in [3.05, 3.63) is 22.4 Å². The molecule has 0 aliphatic carbocycles. The highest BCUT2D eigenvalue weighted by Gasteiger charge is 2.06. The molecule has 0 aliphatic heterocycles. The summed E-state index contributed by atoms with van der Waals surface area (Å²) in [6.45, 7) is 3.77. The molecule has 0 aromatic carbocycles. The number of hydrogen-bond acceptors (Lipinski definition) is 4. The van der Waals surface area contributed by atoms with Crippen molar-refractivity contribution in [2.45, 2.75) is 38.6 Å². The van der Waals surface area contributed by atoms with Crippen LogP contribution in [0.25, 0.3) is 0 Å². The summed E-state index contributed by atoms with van der Waals surface area (Å²) in [5.41, 5.74) is 4.27. The van der Waals surface area contributed by atoms with E-state index in [2.05, 4.69) is 29.2 Å². The molecule has 0 fully saturated rings. The summed E-state index contributed by atoms with van der Waals surface area (Å²) in [4.78, 5) is 0. The molecule has 0 spiro atoms. The van der Waals surface area contributed by atoms with Crippen LogP contribution in [-0.4, -0.2) is 19.3 Å². The van der Waals surface area contributed by atoms with Crippen molar-refractivity contribution in [2.75, 3.05) is 13.2 Å². The van der Waals surface area contributed by atoms with Gasteiger partial charge in [-0.15, -0.1) is 0 Å². The number of rotatable bonds is 9. The Labute approximate surface area is 102 Å². The Kier molecular flexibility index (Phi) is 7.42. The first-order chi connectivity index (χ1) is 7.86. The number of hydrazine groups is 1. The maximum Gasteiger partial charge on any atom is 0.0481 e. The summed E-state index contributed by atoms with van der Waals surface area (Å²) in [6.07, 6.45) is 4.23. The Bertz CT molecular complexity index is 252. The Morgan fingerprint density at radius 2 is 2.31 bits per heavy atom. The second kappa shape index (κ2) is 8.70. The predicted octanol–water partition coefficient (Wildman–Crippen LogP) is 2.33. The summed E-state index contributed by atoms with van der Waals surface area (Å²) in [6, 6.07) is 2.53. The van der Waals surface area contributed by atoms with Gasteiger partial charge in [0, 0.05) is 19.3 Å². The van der Waals surface area contributed by atoms with E-state index in [0.717, 1.165) is 38.9 Å². The molecule has 0 radical (unpaired) electrons. The van der Waals surface area contributed by atoms with Crippen molar-refractivity contribution in [3.63, 3.8) is 0 Å². The monoisotopic (exact) mass is 242 g/mol. The van der Waals surface area contributed by atoms with Crippen LogP contribution in [0, 0.1) is 0 Å². The van der Waals surface area contributed by atoms with Gasteiger partial charge in [-0.1, -0.05) is 6.92 Å². The lowest BCUT2D eigenvalue weighted by Gasteiger charge is -2.15. The average molecular weight is 242 g/mol. The number of thiophene rings is 1. The van der Waals surface area contributed by atoms with Crippen molar-refractivity contribution in [1.29, 1.82) is 0 Å². The Hall–Kier alpha value is -0.420. The van der Waals surface area contributed by atoms with Crippen molar-refractivity contribution >= 4 is 11.3 Å². The third kappa shape index (κ3) is 5.61. The molecule has 1 aromatic heterocycles. The largest absolute Gasteiger partial charge is 0.381 e. The first-order valence-corrected chi connectivity index (χ1v) is 6.86. The van der Waals surface area contributed by atoms with Gasteiger partial charge < -0.3 is 4.74 Å². The minimum Gasteiger partial charge on any atom is -0.381 e. The molecule has 1 heterocycles. The Morgan fingerprint density at radius 1 is 1.44 bits per heavy atom. The van der Waals surface area contributed by atoms with Crippen LogP contribution >= 0.6 is 11.3 Å². The van der Waals surface area contributed by atoms with Crippen LogP contribution in [0.2, 0.25) is 0 Å². The zero-order valence-corrected chi connectivity index (χ0v) is 10.8. The van der Waals surface area contributed by atoms with Crippen LogP contribution in [0.5, 0.6) is 0 Å². The Balaban J connectivity index is 2.11. The fourth-order valence-electron chi connectivity index (χ4n) is 1.56. The molecule has 0 saturated heterocycles. The lowest BCUT2D eigenvalue weighted by Crippen LogP contribution is -2.36. The zero-order chi connectivity index (χ0) is 11.6.